The van der Waals surface area contributed by atoms with Gasteiger partial charge < -0.3 is 0 Å². The molecule has 0 aromatic heterocycles. The van der Waals surface area contributed by atoms with E-state index in [1.54, 1.807) is 11.8 Å². The van der Waals surface area contributed by atoms with Crippen LogP contribution in [0, 0.1) is 11.6 Å². The van der Waals surface area contributed by atoms with Gasteiger partial charge >= 0.3 is 0 Å². The summed E-state index contributed by atoms with van der Waals surface area (Å²) >= 11 is 0. The van der Waals surface area contributed by atoms with Crippen molar-refractivity contribution in [3.8, 4) is 0 Å². The number of hydrogen-bond acceptors (Lipinski definition) is 1. The summed E-state index contributed by atoms with van der Waals surface area (Å²) in [7, 11) is 1.81. The third kappa shape index (κ3) is 1.63. The molecule has 1 unspecified atom stereocenters. The molecule has 0 bridgehead atoms. The SMILES string of the molecule is CCC1(C)c2cc(F)cc(F)c2C2=[N+](C)CCN2[C@@]1(C)F. The summed E-state index contributed by atoms with van der Waals surface area (Å²) in [6.07, 6.45) is 0.462. The maximum absolute atomic E-state index is 15.6. The Morgan fingerprint density at radius 3 is 2.57 bits per heavy atom. The zero-order valence-corrected chi connectivity index (χ0v) is 12.8. The van der Waals surface area contributed by atoms with Crippen molar-refractivity contribution in [3.05, 3.63) is 34.9 Å². The molecule has 2 aliphatic rings. The lowest BCUT2D eigenvalue weighted by molar-refractivity contribution is -0.486. The fourth-order valence-electron chi connectivity index (χ4n) is 3.70. The molecule has 0 spiro atoms. The summed E-state index contributed by atoms with van der Waals surface area (Å²) in [6.45, 7) is 6.26. The molecule has 2 aliphatic heterocycles. The Hall–Kier alpha value is -1.52. The smallest absolute Gasteiger partial charge is 0.260 e. The van der Waals surface area contributed by atoms with Gasteiger partial charge in [0, 0.05) is 13.0 Å². The van der Waals surface area contributed by atoms with Crippen molar-refractivity contribution in [2.75, 3.05) is 20.1 Å². The molecule has 114 valence electrons. The molecular weight excluding hydrogens is 277 g/mol. The van der Waals surface area contributed by atoms with Crippen LogP contribution >= 0.6 is 0 Å². The van der Waals surface area contributed by atoms with Gasteiger partial charge in [-0.3, -0.25) is 4.58 Å². The Balaban J connectivity index is 2.42. The molecule has 5 heteroatoms. The van der Waals surface area contributed by atoms with Crippen molar-refractivity contribution in [1.29, 1.82) is 0 Å². The predicted molar refractivity (Wildman–Crippen MR) is 75.4 cm³/mol. The maximum atomic E-state index is 15.6. The van der Waals surface area contributed by atoms with Gasteiger partial charge in [0.05, 0.1) is 12.5 Å². The van der Waals surface area contributed by atoms with Crippen molar-refractivity contribution in [3.63, 3.8) is 0 Å². The Morgan fingerprint density at radius 1 is 1.29 bits per heavy atom. The molecule has 0 radical (unpaired) electrons. The van der Waals surface area contributed by atoms with Crippen LogP contribution in [0.3, 0.4) is 0 Å². The number of alkyl halides is 1. The van der Waals surface area contributed by atoms with Crippen LogP contribution in [-0.4, -0.2) is 41.2 Å². The van der Waals surface area contributed by atoms with Crippen LogP contribution in [0.1, 0.15) is 38.3 Å². The van der Waals surface area contributed by atoms with Gasteiger partial charge in [0.25, 0.3) is 11.6 Å². The zero-order chi connectivity index (χ0) is 15.6. The summed E-state index contributed by atoms with van der Waals surface area (Å²) in [5.41, 5.74) is -0.191. The van der Waals surface area contributed by atoms with Crippen molar-refractivity contribution >= 4 is 5.84 Å². The van der Waals surface area contributed by atoms with E-state index in [-0.39, 0.29) is 0 Å². The van der Waals surface area contributed by atoms with Gasteiger partial charge in [-0.25, -0.2) is 13.7 Å². The molecule has 1 aromatic carbocycles. The van der Waals surface area contributed by atoms with Crippen molar-refractivity contribution in [1.82, 2.24) is 4.90 Å². The van der Waals surface area contributed by atoms with E-state index in [1.165, 1.54) is 13.0 Å². The van der Waals surface area contributed by atoms with Crippen molar-refractivity contribution < 1.29 is 17.7 Å². The molecule has 21 heavy (non-hydrogen) atoms. The van der Waals surface area contributed by atoms with Gasteiger partial charge in [-0.2, -0.15) is 4.39 Å². The highest BCUT2D eigenvalue weighted by molar-refractivity contribution is 5.99. The molecule has 0 N–H and O–H groups in total. The van der Waals surface area contributed by atoms with E-state index in [2.05, 4.69) is 0 Å². The van der Waals surface area contributed by atoms with Crippen LogP contribution in [0.15, 0.2) is 12.1 Å². The van der Waals surface area contributed by atoms with Gasteiger partial charge in [-0.05, 0) is 25.0 Å². The van der Waals surface area contributed by atoms with E-state index >= 15 is 4.39 Å². The second-order valence-corrected chi connectivity index (χ2v) is 6.35. The van der Waals surface area contributed by atoms with Crippen molar-refractivity contribution in [2.24, 2.45) is 0 Å². The Morgan fingerprint density at radius 2 is 1.95 bits per heavy atom. The van der Waals surface area contributed by atoms with E-state index in [4.69, 9.17) is 0 Å². The predicted octanol–water partition coefficient (Wildman–Crippen LogP) is 3.04. The Bertz CT molecular complexity index is 651. The molecule has 3 rings (SSSR count). The van der Waals surface area contributed by atoms with Crippen LogP contribution in [0.4, 0.5) is 13.2 Å². The standard InChI is InChI=1S/C16H20F3N2/c1-5-15(2)11-8-10(17)9-12(18)13(11)14-20(4)6-7-21(14)16(15,3)19/h8-9H,5-7H2,1-4H3/q+1/t15?,16-/m1/s1. The van der Waals surface area contributed by atoms with Crippen LogP contribution in [0.5, 0.6) is 0 Å². The normalized spacial score (nSPS) is 31.5. The fourth-order valence-corrected chi connectivity index (χ4v) is 3.70. The molecule has 0 aliphatic carbocycles. The van der Waals surface area contributed by atoms with E-state index < -0.39 is 22.8 Å². The molecule has 2 atom stereocenters. The third-order valence-electron chi connectivity index (χ3n) is 5.37. The Labute approximate surface area is 122 Å². The number of likely N-dealkylation sites (N-methyl/N-ethyl adjacent to an activating group) is 1. The number of amidine groups is 1. The summed E-state index contributed by atoms with van der Waals surface area (Å²) < 4.78 is 45.6. The summed E-state index contributed by atoms with van der Waals surface area (Å²) in [5.74, 6) is -2.43. The highest BCUT2D eigenvalue weighted by Crippen LogP contribution is 2.50. The number of nitrogens with zero attached hydrogens (tertiary/aromatic N) is 2. The number of fused-ring (bicyclic) bond motifs is 3. The monoisotopic (exact) mass is 297 g/mol. The highest BCUT2D eigenvalue weighted by atomic mass is 19.1. The van der Waals surface area contributed by atoms with Gasteiger partial charge in [0.1, 0.15) is 30.3 Å². The van der Waals surface area contributed by atoms with Crippen molar-refractivity contribution in [2.45, 2.75) is 38.4 Å². The molecule has 0 amide bonds. The average Bonchev–Trinajstić information content (AvgIpc) is 2.78. The minimum atomic E-state index is -1.69. The first-order chi connectivity index (χ1) is 9.74. The van der Waals surface area contributed by atoms with Gasteiger partial charge in [0.2, 0.25) is 0 Å². The minimum absolute atomic E-state index is 0.343. The van der Waals surface area contributed by atoms with Crippen LogP contribution in [0.25, 0.3) is 0 Å². The highest BCUT2D eigenvalue weighted by Gasteiger charge is 2.62. The van der Waals surface area contributed by atoms with Crippen LogP contribution < -0.4 is 0 Å². The van der Waals surface area contributed by atoms with E-state index in [0.29, 0.717) is 36.5 Å². The minimum Gasteiger partial charge on any atom is -0.260 e. The second-order valence-electron chi connectivity index (χ2n) is 6.35. The molecule has 0 fully saturated rings. The molecule has 0 saturated carbocycles. The summed E-state index contributed by atoms with van der Waals surface area (Å²) in [6, 6.07) is 2.17. The maximum Gasteiger partial charge on any atom is 0.285 e. The van der Waals surface area contributed by atoms with Crippen LogP contribution in [0.2, 0.25) is 0 Å². The molecule has 0 saturated heterocycles. The van der Waals surface area contributed by atoms with E-state index in [0.717, 1.165) is 6.07 Å². The molecule has 2 heterocycles. The number of halogens is 3. The fraction of sp³-hybridized carbons (Fsp3) is 0.562. The van der Waals surface area contributed by atoms with Gasteiger partial charge in [-0.1, -0.05) is 6.92 Å². The third-order valence-corrected chi connectivity index (χ3v) is 5.37. The van der Waals surface area contributed by atoms with E-state index in [9.17, 15) is 8.78 Å². The second kappa shape index (κ2) is 4.24. The lowest BCUT2D eigenvalue weighted by Crippen LogP contribution is -2.62. The lowest BCUT2D eigenvalue weighted by Gasteiger charge is -2.46. The number of hydrogen-bond donors (Lipinski definition) is 0. The summed E-state index contributed by atoms with van der Waals surface area (Å²) in [5, 5.41) is 0. The molecular formula is C16H20F3N2+. The van der Waals surface area contributed by atoms with Gasteiger partial charge in [-0.15, -0.1) is 0 Å². The largest absolute Gasteiger partial charge is 0.285 e. The number of benzene rings is 1. The van der Waals surface area contributed by atoms with E-state index in [1.807, 2.05) is 18.5 Å². The first-order valence-corrected chi connectivity index (χ1v) is 7.28. The molecule has 2 nitrogen and oxygen atoms in total. The lowest BCUT2D eigenvalue weighted by atomic mass is 9.67. The summed E-state index contributed by atoms with van der Waals surface area (Å²) in [4.78, 5) is 1.62. The van der Waals surface area contributed by atoms with Crippen LogP contribution in [-0.2, 0) is 5.41 Å². The first-order valence-electron chi connectivity index (χ1n) is 7.28. The average molecular weight is 297 g/mol. The zero-order valence-electron chi connectivity index (χ0n) is 12.8. The van der Waals surface area contributed by atoms with Gasteiger partial charge in [0.15, 0.2) is 0 Å². The first kappa shape index (κ1) is 14.4. The number of rotatable bonds is 1. The Kier molecular flexibility index (Phi) is 2.91. The topological polar surface area (TPSA) is 6.25 Å². The molecule has 1 aromatic rings. The quantitative estimate of drug-likeness (QED) is 0.570.